The highest BCUT2D eigenvalue weighted by atomic mass is 16.5. The van der Waals surface area contributed by atoms with Crippen molar-refractivity contribution < 1.29 is 13.9 Å². The highest BCUT2D eigenvalue weighted by molar-refractivity contribution is 5.12. The maximum absolute atomic E-state index is 5.74. The van der Waals surface area contributed by atoms with E-state index >= 15 is 0 Å². The number of aryl methyl sites for hydroxylation is 1. The zero-order valence-corrected chi connectivity index (χ0v) is 12.8. The minimum absolute atomic E-state index is 0.0941. The second-order valence-electron chi connectivity index (χ2n) is 5.81. The van der Waals surface area contributed by atoms with Crippen LogP contribution in [0.25, 0.3) is 0 Å². The van der Waals surface area contributed by atoms with Crippen molar-refractivity contribution in [3.8, 4) is 0 Å². The minimum Gasteiger partial charge on any atom is -0.465 e. The molecule has 4 nitrogen and oxygen atoms in total. The number of furan rings is 1. The lowest BCUT2D eigenvalue weighted by molar-refractivity contribution is 0.0684. The van der Waals surface area contributed by atoms with Crippen LogP contribution < -0.4 is 5.32 Å². The lowest BCUT2D eigenvalue weighted by Crippen LogP contribution is -2.34. The Morgan fingerprint density at radius 2 is 1.95 bits per heavy atom. The lowest BCUT2D eigenvalue weighted by Gasteiger charge is -2.30. The van der Waals surface area contributed by atoms with Crippen LogP contribution >= 0.6 is 0 Å². The van der Waals surface area contributed by atoms with Crippen LogP contribution in [0.1, 0.15) is 38.3 Å². The second-order valence-corrected chi connectivity index (χ2v) is 5.81. The van der Waals surface area contributed by atoms with Gasteiger partial charge in [-0.15, -0.1) is 0 Å². The van der Waals surface area contributed by atoms with Gasteiger partial charge in [-0.3, -0.25) is 0 Å². The molecular weight excluding hydrogens is 242 g/mol. The van der Waals surface area contributed by atoms with Crippen molar-refractivity contribution in [2.45, 2.75) is 33.7 Å². The minimum atomic E-state index is 0.0941. The van der Waals surface area contributed by atoms with Gasteiger partial charge in [-0.25, -0.2) is 0 Å². The molecule has 0 saturated heterocycles. The molecule has 4 heteroatoms. The Hall–Kier alpha value is -0.840. The van der Waals surface area contributed by atoms with Crippen LogP contribution in [0.3, 0.4) is 0 Å². The molecular formula is C15H27NO3. The summed E-state index contributed by atoms with van der Waals surface area (Å²) >= 11 is 0. The van der Waals surface area contributed by atoms with Crippen LogP contribution in [0.15, 0.2) is 16.5 Å². The molecule has 0 aliphatic heterocycles. The summed E-state index contributed by atoms with van der Waals surface area (Å²) in [6, 6.07) is 4.24. The summed E-state index contributed by atoms with van der Waals surface area (Å²) in [4.78, 5) is 0. The molecule has 1 unspecified atom stereocenters. The van der Waals surface area contributed by atoms with Crippen LogP contribution in [-0.2, 0) is 9.47 Å². The first kappa shape index (κ1) is 16.2. The van der Waals surface area contributed by atoms with E-state index in [4.69, 9.17) is 13.9 Å². The van der Waals surface area contributed by atoms with Crippen molar-refractivity contribution in [2.24, 2.45) is 5.41 Å². The van der Waals surface area contributed by atoms with E-state index in [0.717, 1.165) is 18.1 Å². The highest BCUT2D eigenvalue weighted by Crippen LogP contribution is 2.33. The Morgan fingerprint density at radius 1 is 1.21 bits per heavy atom. The fourth-order valence-corrected chi connectivity index (χ4v) is 1.96. The molecule has 0 spiro atoms. The Labute approximate surface area is 116 Å². The van der Waals surface area contributed by atoms with Gasteiger partial charge in [0.05, 0.1) is 25.9 Å². The number of ether oxygens (including phenoxy) is 2. The highest BCUT2D eigenvalue weighted by Gasteiger charge is 2.28. The predicted octanol–water partition coefficient (Wildman–Crippen LogP) is 2.93. The Balaban J connectivity index is 2.44. The van der Waals surface area contributed by atoms with Crippen molar-refractivity contribution in [1.82, 2.24) is 5.32 Å². The van der Waals surface area contributed by atoms with Crippen LogP contribution in [0.4, 0.5) is 0 Å². The predicted molar refractivity (Wildman–Crippen MR) is 76.3 cm³/mol. The van der Waals surface area contributed by atoms with Gasteiger partial charge in [0.25, 0.3) is 0 Å². The molecule has 19 heavy (non-hydrogen) atoms. The van der Waals surface area contributed by atoms with Crippen LogP contribution in [0, 0.1) is 12.3 Å². The number of hydrogen-bond acceptors (Lipinski definition) is 4. The van der Waals surface area contributed by atoms with E-state index in [0.29, 0.717) is 19.8 Å². The average molecular weight is 269 g/mol. The number of rotatable bonds is 8. The molecule has 0 aliphatic carbocycles. The third-order valence-electron chi connectivity index (χ3n) is 2.94. The molecule has 1 rings (SSSR count). The number of nitrogens with one attached hydrogen (secondary N) is 1. The summed E-state index contributed by atoms with van der Waals surface area (Å²) in [6.45, 7) is 11.3. The zero-order valence-electron chi connectivity index (χ0n) is 12.8. The molecule has 0 aliphatic rings. The Kier molecular flexibility index (Phi) is 6.55. The summed E-state index contributed by atoms with van der Waals surface area (Å²) in [7, 11) is 1.68. The number of hydrogen-bond donors (Lipinski definition) is 1. The molecule has 0 aromatic carbocycles. The van der Waals surface area contributed by atoms with Gasteiger partial charge in [-0.2, -0.15) is 0 Å². The van der Waals surface area contributed by atoms with Crippen molar-refractivity contribution in [3.05, 3.63) is 23.7 Å². The maximum atomic E-state index is 5.74. The molecule has 1 aromatic heterocycles. The fraction of sp³-hybridized carbons (Fsp3) is 0.733. The quantitative estimate of drug-likeness (QED) is 0.737. The summed E-state index contributed by atoms with van der Waals surface area (Å²) in [5, 5.41) is 3.51. The van der Waals surface area contributed by atoms with Crippen molar-refractivity contribution in [1.29, 1.82) is 0 Å². The van der Waals surface area contributed by atoms with E-state index in [9.17, 15) is 0 Å². The van der Waals surface area contributed by atoms with E-state index < -0.39 is 0 Å². The third kappa shape index (κ3) is 5.76. The van der Waals surface area contributed by atoms with Gasteiger partial charge in [-0.1, -0.05) is 20.8 Å². The largest absolute Gasteiger partial charge is 0.465 e. The van der Waals surface area contributed by atoms with Crippen LogP contribution in [0.2, 0.25) is 0 Å². The van der Waals surface area contributed by atoms with Gasteiger partial charge >= 0.3 is 0 Å². The molecule has 1 aromatic rings. The third-order valence-corrected chi connectivity index (χ3v) is 2.94. The summed E-state index contributed by atoms with van der Waals surface area (Å²) in [5.41, 5.74) is 0.0941. The monoisotopic (exact) mass is 269 g/mol. The molecule has 0 saturated carbocycles. The molecule has 1 heterocycles. The van der Waals surface area contributed by atoms with Gasteiger partial charge in [0.15, 0.2) is 0 Å². The average Bonchev–Trinajstić information content (AvgIpc) is 2.73. The van der Waals surface area contributed by atoms with Crippen molar-refractivity contribution >= 4 is 0 Å². The Morgan fingerprint density at radius 3 is 2.47 bits per heavy atom. The number of methoxy groups -OCH3 is 1. The van der Waals surface area contributed by atoms with Gasteiger partial charge < -0.3 is 19.2 Å². The SMILES string of the molecule is COCCOCCNC(c1ccc(C)o1)C(C)(C)C. The first-order valence-corrected chi connectivity index (χ1v) is 6.81. The molecule has 0 bridgehead atoms. The molecule has 0 fully saturated rings. The fourth-order valence-electron chi connectivity index (χ4n) is 1.96. The standard InChI is InChI=1S/C15H27NO3/c1-12-6-7-13(19-12)14(15(2,3)4)16-8-9-18-11-10-17-5/h6-7,14,16H,8-11H2,1-5H3. The van der Waals surface area contributed by atoms with Crippen molar-refractivity contribution in [2.75, 3.05) is 33.5 Å². The van der Waals surface area contributed by atoms with Crippen molar-refractivity contribution in [3.63, 3.8) is 0 Å². The van der Waals surface area contributed by atoms with Crippen LogP contribution in [-0.4, -0.2) is 33.5 Å². The van der Waals surface area contributed by atoms with E-state index in [1.54, 1.807) is 7.11 Å². The summed E-state index contributed by atoms with van der Waals surface area (Å²) in [6.07, 6.45) is 0. The first-order valence-electron chi connectivity index (χ1n) is 6.81. The second kappa shape index (κ2) is 7.68. The van der Waals surface area contributed by atoms with E-state index in [1.165, 1.54) is 0 Å². The topological polar surface area (TPSA) is 43.6 Å². The molecule has 0 amide bonds. The van der Waals surface area contributed by atoms with E-state index in [2.05, 4.69) is 26.1 Å². The Bertz CT molecular complexity index is 355. The zero-order chi connectivity index (χ0) is 14.3. The van der Waals surface area contributed by atoms with Gasteiger partial charge in [0, 0.05) is 13.7 Å². The van der Waals surface area contributed by atoms with Gasteiger partial charge in [0.2, 0.25) is 0 Å². The molecule has 1 N–H and O–H groups in total. The molecule has 110 valence electrons. The lowest BCUT2D eigenvalue weighted by atomic mass is 9.85. The molecule has 0 radical (unpaired) electrons. The first-order chi connectivity index (χ1) is 8.95. The van der Waals surface area contributed by atoms with E-state index in [1.807, 2.05) is 19.1 Å². The van der Waals surface area contributed by atoms with E-state index in [-0.39, 0.29) is 11.5 Å². The summed E-state index contributed by atoms with van der Waals surface area (Å²) in [5.74, 6) is 1.93. The van der Waals surface area contributed by atoms with Crippen LogP contribution in [0.5, 0.6) is 0 Å². The van der Waals surface area contributed by atoms with Gasteiger partial charge in [-0.05, 0) is 24.5 Å². The normalized spacial score (nSPS) is 13.7. The summed E-state index contributed by atoms with van der Waals surface area (Å²) < 4.78 is 16.1. The molecule has 1 atom stereocenters. The van der Waals surface area contributed by atoms with Gasteiger partial charge in [0.1, 0.15) is 11.5 Å². The smallest absolute Gasteiger partial charge is 0.121 e. The maximum Gasteiger partial charge on any atom is 0.121 e.